The van der Waals surface area contributed by atoms with E-state index in [1.165, 1.54) is 0 Å². The maximum atomic E-state index is 10.5. The predicted octanol–water partition coefficient (Wildman–Crippen LogP) is 0.230. The monoisotopic (exact) mass is 239 g/mol. The van der Waals surface area contributed by atoms with Gasteiger partial charge in [0.05, 0.1) is 24.9 Å². The van der Waals surface area contributed by atoms with Gasteiger partial charge in [0.1, 0.15) is 0 Å². The maximum Gasteiger partial charge on any atom is 0.304 e. The fourth-order valence-corrected chi connectivity index (χ4v) is 2.25. The van der Waals surface area contributed by atoms with Gasteiger partial charge in [0.25, 0.3) is 0 Å². The van der Waals surface area contributed by atoms with Crippen molar-refractivity contribution in [1.29, 1.82) is 0 Å². The molecule has 2 heterocycles. The van der Waals surface area contributed by atoms with Crippen molar-refractivity contribution in [3.63, 3.8) is 0 Å². The summed E-state index contributed by atoms with van der Waals surface area (Å²) in [6, 6.07) is 0.219. The molecule has 94 valence electrons. The second-order valence-corrected chi connectivity index (χ2v) is 4.25. The molecule has 2 rings (SSSR count). The van der Waals surface area contributed by atoms with Gasteiger partial charge in [-0.3, -0.25) is 9.69 Å². The second-order valence-electron chi connectivity index (χ2n) is 4.25. The van der Waals surface area contributed by atoms with E-state index in [9.17, 15) is 4.79 Å². The van der Waals surface area contributed by atoms with Gasteiger partial charge in [-0.25, -0.2) is 4.98 Å². The van der Waals surface area contributed by atoms with Gasteiger partial charge in [-0.1, -0.05) is 0 Å². The average Bonchev–Trinajstić information content (AvgIpc) is 2.94. The SMILES string of the molecule is CO[C@H]1CN(CCC(=O)O)C[C@@H]1n1ccnc1. The van der Waals surface area contributed by atoms with Crippen molar-refractivity contribution in [1.82, 2.24) is 14.5 Å². The fraction of sp³-hybridized carbons (Fsp3) is 0.636. The third-order valence-electron chi connectivity index (χ3n) is 3.17. The molecule has 0 saturated carbocycles. The molecule has 0 aromatic carbocycles. The van der Waals surface area contributed by atoms with E-state index in [0.29, 0.717) is 6.54 Å². The van der Waals surface area contributed by atoms with Crippen LogP contribution in [0.15, 0.2) is 18.7 Å². The van der Waals surface area contributed by atoms with Crippen molar-refractivity contribution < 1.29 is 14.6 Å². The summed E-state index contributed by atoms with van der Waals surface area (Å²) in [6.07, 6.45) is 5.70. The van der Waals surface area contributed by atoms with Gasteiger partial charge >= 0.3 is 5.97 Å². The number of hydrogen-bond acceptors (Lipinski definition) is 4. The van der Waals surface area contributed by atoms with Crippen LogP contribution in [0.3, 0.4) is 0 Å². The molecule has 1 N–H and O–H groups in total. The summed E-state index contributed by atoms with van der Waals surface area (Å²) in [5.41, 5.74) is 0. The smallest absolute Gasteiger partial charge is 0.304 e. The van der Waals surface area contributed by atoms with Crippen LogP contribution in [0, 0.1) is 0 Å². The number of aliphatic carboxylic acids is 1. The highest BCUT2D eigenvalue weighted by Gasteiger charge is 2.33. The van der Waals surface area contributed by atoms with Crippen LogP contribution >= 0.6 is 0 Å². The Hall–Kier alpha value is -1.40. The Morgan fingerprint density at radius 2 is 2.41 bits per heavy atom. The average molecular weight is 239 g/mol. The number of carbonyl (C=O) groups is 1. The molecule has 6 heteroatoms. The lowest BCUT2D eigenvalue weighted by molar-refractivity contribution is -0.137. The quantitative estimate of drug-likeness (QED) is 0.796. The molecule has 1 saturated heterocycles. The summed E-state index contributed by atoms with van der Waals surface area (Å²) in [5.74, 6) is -0.759. The molecule has 0 radical (unpaired) electrons. The minimum Gasteiger partial charge on any atom is -0.481 e. The van der Waals surface area contributed by atoms with Crippen molar-refractivity contribution in [2.75, 3.05) is 26.7 Å². The number of carboxylic acid groups (broad SMARTS) is 1. The Morgan fingerprint density at radius 1 is 1.59 bits per heavy atom. The lowest BCUT2D eigenvalue weighted by Crippen LogP contribution is -2.25. The van der Waals surface area contributed by atoms with Crippen molar-refractivity contribution in [3.05, 3.63) is 18.7 Å². The maximum absolute atomic E-state index is 10.5. The van der Waals surface area contributed by atoms with E-state index in [1.54, 1.807) is 19.6 Å². The first-order chi connectivity index (χ1) is 8.20. The summed E-state index contributed by atoms with van der Waals surface area (Å²) < 4.78 is 7.47. The second kappa shape index (κ2) is 5.29. The number of methoxy groups -OCH3 is 1. The van der Waals surface area contributed by atoms with Gasteiger partial charge in [0.15, 0.2) is 0 Å². The number of likely N-dealkylation sites (tertiary alicyclic amines) is 1. The first kappa shape index (κ1) is 12.1. The number of carboxylic acids is 1. The van der Waals surface area contributed by atoms with E-state index in [-0.39, 0.29) is 18.6 Å². The molecule has 1 aromatic rings. The topological polar surface area (TPSA) is 67.6 Å². The first-order valence-electron chi connectivity index (χ1n) is 5.65. The van der Waals surface area contributed by atoms with Crippen molar-refractivity contribution in [2.24, 2.45) is 0 Å². The lowest BCUT2D eigenvalue weighted by Gasteiger charge is -2.17. The van der Waals surface area contributed by atoms with E-state index < -0.39 is 5.97 Å². The van der Waals surface area contributed by atoms with E-state index in [4.69, 9.17) is 9.84 Å². The summed E-state index contributed by atoms with van der Waals surface area (Å²) >= 11 is 0. The normalized spacial score (nSPS) is 25.2. The number of aromatic nitrogens is 2. The Kier molecular flexibility index (Phi) is 3.75. The number of rotatable bonds is 5. The fourth-order valence-electron chi connectivity index (χ4n) is 2.25. The van der Waals surface area contributed by atoms with Crippen LogP contribution in [0.25, 0.3) is 0 Å². The lowest BCUT2D eigenvalue weighted by atomic mass is 10.2. The Morgan fingerprint density at radius 3 is 3.00 bits per heavy atom. The standard InChI is InChI=1S/C11H17N3O3/c1-17-10-7-13(4-2-11(15)16)6-9(10)14-5-3-12-8-14/h3,5,8-10H,2,4,6-7H2,1H3,(H,15,16)/t9-,10-/m0/s1. The molecule has 0 spiro atoms. The van der Waals surface area contributed by atoms with Crippen molar-refractivity contribution in [2.45, 2.75) is 18.6 Å². The van der Waals surface area contributed by atoms with Gasteiger partial charge in [-0.2, -0.15) is 0 Å². The molecule has 0 amide bonds. The molecule has 1 aliphatic heterocycles. The Balaban J connectivity index is 1.96. The molecule has 0 aliphatic carbocycles. The van der Waals surface area contributed by atoms with E-state index in [2.05, 4.69) is 9.88 Å². The zero-order valence-electron chi connectivity index (χ0n) is 9.82. The van der Waals surface area contributed by atoms with E-state index in [0.717, 1.165) is 13.1 Å². The minimum atomic E-state index is -0.759. The van der Waals surface area contributed by atoms with E-state index >= 15 is 0 Å². The van der Waals surface area contributed by atoms with Crippen LogP contribution in [0.4, 0.5) is 0 Å². The molecule has 1 fully saturated rings. The molecular weight excluding hydrogens is 222 g/mol. The summed E-state index contributed by atoms with van der Waals surface area (Å²) in [5, 5.41) is 8.67. The molecule has 17 heavy (non-hydrogen) atoms. The number of nitrogens with zero attached hydrogens (tertiary/aromatic N) is 3. The van der Waals surface area contributed by atoms with Gasteiger partial charge in [0.2, 0.25) is 0 Å². The minimum absolute atomic E-state index is 0.0954. The summed E-state index contributed by atoms with van der Waals surface area (Å²) in [4.78, 5) is 16.7. The third kappa shape index (κ3) is 2.83. The number of imidazole rings is 1. The highest BCUT2D eigenvalue weighted by molar-refractivity contribution is 5.66. The first-order valence-corrected chi connectivity index (χ1v) is 5.65. The highest BCUT2D eigenvalue weighted by Crippen LogP contribution is 2.24. The summed E-state index contributed by atoms with van der Waals surface area (Å²) in [6.45, 7) is 2.15. The molecular formula is C11H17N3O3. The van der Waals surface area contributed by atoms with Crippen LogP contribution in [-0.2, 0) is 9.53 Å². The van der Waals surface area contributed by atoms with Gasteiger partial charge in [-0.15, -0.1) is 0 Å². The number of ether oxygens (including phenoxy) is 1. The van der Waals surface area contributed by atoms with Crippen LogP contribution in [0.2, 0.25) is 0 Å². The molecule has 6 nitrogen and oxygen atoms in total. The molecule has 1 aromatic heterocycles. The zero-order chi connectivity index (χ0) is 12.3. The zero-order valence-corrected chi connectivity index (χ0v) is 9.82. The molecule has 2 atom stereocenters. The van der Waals surface area contributed by atoms with E-state index in [1.807, 2.05) is 10.8 Å². The van der Waals surface area contributed by atoms with Gasteiger partial charge in [-0.05, 0) is 0 Å². The van der Waals surface area contributed by atoms with Crippen molar-refractivity contribution >= 4 is 5.97 Å². The van der Waals surface area contributed by atoms with Crippen LogP contribution in [-0.4, -0.2) is 58.4 Å². The van der Waals surface area contributed by atoms with Gasteiger partial charge < -0.3 is 14.4 Å². The van der Waals surface area contributed by atoms with Crippen LogP contribution in [0.1, 0.15) is 12.5 Å². The predicted molar refractivity (Wildman–Crippen MR) is 60.8 cm³/mol. The summed E-state index contributed by atoms with van der Waals surface area (Å²) in [7, 11) is 1.69. The third-order valence-corrected chi connectivity index (χ3v) is 3.17. The Bertz CT molecular complexity index is 366. The highest BCUT2D eigenvalue weighted by atomic mass is 16.5. The van der Waals surface area contributed by atoms with Crippen LogP contribution < -0.4 is 0 Å². The van der Waals surface area contributed by atoms with Gasteiger partial charge in [0, 0.05) is 39.1 Å². The molecule has 0 unspecified atom stereocenters. The van der Waals surface area contributed by atoms with Crippen LogP contribution in [0.5, 0.6) is 0 Å². The Labute approximate surface area is 99.8 Å². The molecule has 1 aliphatic rings. The largest absolute Gasteiger partial charge is 0.481 e. The van der Waals surface area contributed by atoms with Crippen molar-refractivity contribution in [3.8, 4) is 0 Å². The number of hydrogen-bond donors (Lipinski definition) is 1. The molecule has 0 bridgehead atoms.